The van der Waals surface area contributed by atoms with Gasteiger partial charge >= 0.3 is 0 Å². The van der Waals surface area contributed by atoms with Crippen LogP contribution in [0.2, 0.25) is 0 Å². The van der Waals surface area contributed by atoms with E-state index in [-0.39, 0.29) is 0 Å². The van der Waals surface area contributed by atoms with Crippen LogP contribution in [0.15, 0.2) is 12.1 Å². The maximum absolute atomic E-state index is 13.6. The number of nitrogens with zero attached hydrogens (tertiary/aromatic N) is 1. The number of rotatable bonds is 2. The quantitative estimate of drug-likeness (QED) is 0.322. The van der Waals surface area contributed by atoms with Gasteiger partial charge in [0.15, 0.2) is 5.82 Å². The highest BCUT2D eigenvalue weighted by Crippen LogP contribution is 2.32. The number of hydrazine groups is 1. The van der Waals surface area contributed by atoms with E-state index in [4.69, 9.17) is 5.84 Å². The molecule has 0 atom stereocenters. The van der Waals surface area contributed by atoms with Crippen molar-refractivity contribution in [1.82, 2.24) is 5.43 Å². The van der Waals surface area contributed by atoms with E-state index < -0.39 is 47.0 Å². The number of nitrogens with two attached hydrogens (primary N) is 1. The molecule has 1 aliphatic rings. The van der Waals surface area contributed by atoms with Gasteiger partial charge in [-0.3, -0.25) is 24.7 Å². The number of anilines is 1. The third-order valence-corrected chi connectivity index (χ3v) is 2.44. The van der Waals surface area contributed by atoms with Gasteiger partial charge in [-0.2, -0.15) is 0 Å². The zero-order valence-corrected chi connectivity index (χ0v) is 8.87. The summed E-state index contributed by atoms with van der Waals surface area (Å²) in [5, 5.41) is 0. The molecule has 0 saturated carbocycles. The van der Waals surface area contributed by atoms with Crippen LogP contribution in [0.4, 0.5) is 14.5 Å². The zero-order chi connectivity index (χ0) is 13.4. The second kappa shape index (κ2) is 4.15. The summed E-state index contributed by atoms with van der Waals surface area (Å²) in [4.78, 5) is 34.7. The van der Waals surface area contributed by atoms with Crippen molar-refractivity contribution in [3.63, 3.8) is 0 Å². The summed E-state index contributed by atoms with van der Waals surface area (Å²) < 4.78 is 26.5. The Balaban J connectivity index is 2.51. The molecule has 3 N–H and O–H groups in total. The fourth-order valence-electron chi connectivity index (χ4n) is 1.69. The van der Waals surface area contributed by atoms with Crippen molar-refractivity contribution >= 4 is 23.3 Å². The Kier molecular flexibility index (Phi) is 2.79. The molecule has 0 saturated heterocycles. The minimum absolute atomic E-state index is 0.401. The molecule has 0 aliphatic carbocycles. The Morgan fingerprint density at radius 3 is 2.61 bits per heavy atom. The van der Waals surface area contributed by atoms with Crippen molar-refractivity contribution in [2.24, 2.45) is 5.84 Å². The average molecular weight is 255 g/mol. The van der Waals surface area contributed by atoms with E-state index in [2.05, 4.69) is 0 Å². The number of Topliss-reactive ketones (excluding diaryl/α,β-unsaturated/α-hetero) is 1. The molecule has 1 aromatic rings. The Bertz CT molecular complexity index is 574. The van der Waals surface area contributed by atoms with Gasteiger partial charge in [-0.15, -0.1) is 0 Å². The van der Waals surface area contributed by atoms with Crippen molar-refractivity contribution in [2.45, 2.75) is 0 Å². The normalized spacial score (nSPS) is 13.8. The van der Waals surface area contributed by atoms with Gasteiger partial charge in [0.1, 0.15) is 12.4 Å². The summed E-state index contributed by atoms with van der Waals surface area (Å²) in [7, 11) is 0. The van der Waals surface area contributed by atoms with Crippen LogP contribution in [0.1, 0.15) is 10.4 Å². The van der Waals surface area contributed by atoms with Crippen LogP contribution in [0.3, 0.4) is 0 Å². The lowest BCUT2D eigenvalue weighted by Crippen LogP contribution is -2.42. The molecule has 8 heteroatoms. The molecular weight excluding hydrogens is 248 g/mol. The number of ketones is 1. The first kappa shape index (κ1) is 12.1. The molecule has 0 fully saturated rings. The SMILES string of the molecule is NNC(=O)CN1C(=O)C(=O)c2cc(F)cc(F)c21. The molecular formula is C10H7F2N3O3. The number of halogens is 2. The summed E-state index contributed by atoms with van der Waals surface area (Å²) in [6.07, 6.45) is 0. The number of carbonyl (C=O) groups excluding carboxylic acids is 3. The summed E-state index contributed by atoms with van der Waals surface area (Å²) in [6.45, 7) is -0.614. The van der Waals surface area contributed by atoms with Crippen LogP contribution in [-0.4, -0.2) is 24.1 Å². The number of hydrogen-bond acceptors (Lipinski definition) is 4. The number of hydrogen-bond donors (Lipinski definition) is 2. The molecule has 94 valence electrons. The molecule has 0 spiro atoms. The van der Waals surface area contributed by atoms with Gasteiger partial charge in [-0.25, -0.2) is 14.6 Å². The number of amides is 2. The predicted molar refractivity (Wildman–Crippen MR) is 55.4 cm³/mol. The van der Waals surface area contributed by atoms with Gasteiger partial charge in [0, 0.05) is 6.07 Å². The van der Waals surface area contributed by atoms with Gasteiger partial charge in [0.2, 0.25) is 0 Å². The Morgan fingerprint density at radius 1 is 1.33 bits per heavy atom. The zero-order valence-electron chi connectivity index (χ0n) is 8.87. The third kappa shape index (κ3) is 1.72. The van der Waals surface area contributed by atoms with Crippen molar-refractivity contribution in [1.29, 1.82) is 0 Å². The van der Waals surface area contributed by atoms with E-state index in [1.165, 1.54) is 0 Å². The first-order chi connectivity index (χ1) is 8.45. The Morgan fingerprint density at radius 2 is 2.00 bits per heavy atom. The molecule has 1 heterocycles. The van der Waals surface area contributed by atoms with Gasteiger partial charge in [0.05, 0.1) is 11.3 Å². The maximum Gasteiger partial charge on any atom is 0.300 e. The second-order valence-electron chi connectivity index (χ2n) is 3.57. The molecule has 0 aromatic heterocycles. The number of carbonyl (C=O) groups is 3. The number of benzene rings is 1. The van der Waals surface area contributed by atoms with Crippen LogP contribution in [-0.2, 0) is 9.59 Å². The molecule has 1 aliphatic heterocycles. The van der Waals surface area contributed by atoms with E-state index in [1.54, 1.807) is 5.43 Å². The topological polar surface area (TPSA) is 92.5 Å². The smallest absolute Gasteiger partial charge is 0.293 e. The van der Waals surface area contributed by atoms with Crippen LogP contribution < -0.4 is 16.2 Å². The lowest BCUT2D eigenvalue weighted by atomic mass is 10.1. The first-order valence-electron chi connectivity index (χ1n) is 4.80. The number of fused-ring (bicyclic) bond motifs is 1. The monoisotopic (exact) mass is 255 g/mol. The third-order valence-electron chi connectivity index (χ3n) is 2.44. The summed E-state index contributed by atoms with van der Waals surface area (Å²) in [6, 6.07) is 1.27. The van der Waals surface area contributed by atoms with Crippen molar-refractivity contribution < 1.29 is 23.2 Å². The molecule has 0 bridgehead atoms. The maximum atomic E-state index is 13.6. The molecule has 18 heavy (non-hydrogen) atoms. The summed E-state index contributed by atoms with van der Waals surface area (Å²) >= 11 is 0. The van der Waals surface area contributed by atoms with E-state index in [0.717, 1.165) is 6.07 Å². The van der Waals surface area contributed by atoms with Crippen LogP contribution >= 0.6 is 0 Å². The highest BCUT2D eigenvalue weighted by atomic mass is 19.1. The van der Waals surface area contributed by atoms with Crippen LogP contribution in [0, 0.1) is 11.6 Å². The van der Waals surface area contributed by atoms with Gasteiger partial charge < -0.3 is 0 Å². The van der Waals surface area contributed by atoms with Crippen LogP contribution in [0.25, 0.3) is 0 Å². The molecule has 2 amide bonds. The van der Waals surface area contributed by atoms with E-state index in [9.17, 15) is 23.2 Å². The largest absolute Gasteiger partial charge is 0.300 e. The van der Waals surface area contributed by atoms with Crippen molar-refractivity contribution in [3.05, 3.63) is 29.3 Å². The molecule has 2 rings (SSSR count). The molecule has 0 radical (unpaired) electrons. The van der Waals surface area contributed by atoms with E-state index >= 15 is 0 Å². The van der Waals surface area contributed by atoms with Gasteiger partial charge in [-0.05, 0) is 6.07 Å². The fraction of sp³-hybridized carbons (Fsp3) is 0.100. The fourth-order valence-corrected chi connectivity index (χ4v) is 1.69. The molecule has 6 nitrogen and oxygen atoms in total. The van der Waals surface area contributed by atoms with Crippen molar-refractivity contribution in [3.8, 4) is 0 Å². The minimum atomic E-state index is -1.10. The predicted octanol–water partition coefficient (Wildman–Crippen LogP) is -0.516. The standard InChI is InChI=1S/C10H7F2N3O3/c11-4-1-5-8(6(12)2-4)15(3-7(16)14-13)10(18)9(5)17/h1-2H,3,13H2,(H,14,16). The molecule has 0 unspecified atom stereocenters. The van der Waals surface area contributed by atoms with E-state index in [0.29, 0.717) is 11.0 Å². The van der Waals surface area contributed by atoms with E-state index in [1.807, 2.05) is 0 Å². The first-order valence-corrected chi connectivity index (χ1v) is 4.80. The second-order valence-corrected chi connectivity index (χ2v) is 3.57. The minimum Gasteiger partial charge on any atom is -0.293 e. The Labute approximate surface area is 99.3 Å². The lowest BCUT2D eigenvalue weighted by molar-refractivity contribution is -0.122. The Hall–Kier alpha value is -2.35. The highest BCUT2D eigenvalue weighted by molar-refractivity contribution is 6.52. The average Bonchev–Trinajstić information content (AvgIpc) is 2.54. The highest BCUT2D eigenvalue weighted by Gasteiger charge is 2.39. The summed E-state index contributed by atoms with van der Waals surface area (Å²) in [5.74, 6) is -0.173. The van der Waals surface area contributed by atoms with Gasteiger partial charge in [0.25, 0.3) is 17.6 Å². The van der Waals surface area contributed by atoms with Gasteiger partial charge in [-0.1, -0.05) is 0 Å². The molecule has 1 aromatic carbocycles. The van der Waals surface area contributed by atoms with Crippen LogP contribution in [0.5, 0.6) is 0 Å². The lowest BCUT2D eigenvalue weighted by Gasteiger charge is -2.15. The number of nitrogens with one attached hydrogen (secondary N) is 1. The van der Waals surface area contributed by atoms with Crippen molar-refractivity contribution in [2.75, 3.05) is 11.4 Å². The summed E-state index contributed by atoms with van der Waals surface area (Å²) in [5.41, 5.74) is 0.940.